The van der Waals surface area contributed by atoms with Crippen LogP contribution in [0, 0.1) is 0 Å². The Hall–Kier alpha value is -2.66. The van der Waals surface area contributed by atoms with Crippen LogP contribution in [0.2, 0.25) is 0 Å². The zero-order valence-corrected chi connectivity index (χ0v) is 15.1. The highest BCUT2D eigenvalue weighted by atomic mass is 19.4. The molecule has 0 amide bonds. The number of benzene rings is 1. The summed E-state index contributed by atoms with van der Waals surface area (Å²) in [4.78, 5) is 17.1. The van der Waals surface area contributed by atoms with Crippen LogP contribution in [-0.4, -0.2) is 53.8 Å². The molecule has 0 saturated carbocycles. The molecule has 2 aromatic rings. The third-order valence-corrected chi connectivity index (χ3v) is 4.54. The second kappa shape index (κ2) is 6.70. The van der Waals surface area contributed by atoms with E-state index in [0.717, 1.165) is 18.5 Å². The van der Waals surface area contributed by atoms with Gasteiger partial charge in [0.15, 0.2) is 0 Å². The Morgan fingerprint density at radius 3 is 2.45 bits per heavy atom. The van der Waals surface area contributed by atoms with Gasteiger partial charge in [-0.15, -0.1) is 0 Å². The monoisotopic (exact) mass is 419 g/mol. The van der Waals surface area contributed by atoms with Crippen molar-refractivity contribution in [3.63, 3.8) is 0 Å². The highest BCUT2D eigenvalue weighted by molar-refractivity contribution is 6.13. The van der Waals surface area contributed by atoms with Crippen LogP contribution in [0.15, 0.2) is 36.2 Å². The number of carbonyl (C=O) groups excluding carboxylic acids is 1. The molecule has 1 aromatic carbocycles. The summed E-state index contributed by atoms with van der Waals surface area (Å²) in [6.07, 6.45) is -8.47. The van der Waals surface area contributed by atoms with E-state index in [-0.39, 0.29) is 23.1 Å². The maximum absolute atomic E-state index is 14.0. The molecule has 3 rings (SSSR count). The fourth-order valence-corrected chi connectivity index (χ4v) is 3.29. The Kier molecular flexibility index (Phi) is 4.86. The zero-order chi connectivity index (χ0) is 21.8. The lowest BCUT2D eigenvalue weighted by Crippen LogP contribution is -2.48. The molecule has 0 radical (unpaired) electrons. The summed E-state index contributed by atoms with van der Waals surface area (Å²) in [6, 6.07) is 2.85. The van der Waals surface area contributed by atoms with Crippen LogP contribution in [0.5, 0.6) is 0 Å². The van der Waals surface area contributed by atoms with E-state index in [1.54, 1.807) is 0 Å². The molecular formula is C18H15F6N3O2. The normalized spacial score (nSPS) is 19.7. The summed E-state index contributed by atoms with van der Waals surface area (Å²) >= 11 is 0. The van der Waals surface area contributed by atoms with Gasteiger partial charge in [-0.2, -0.15) is 26.3 Å². The Bertz CT molecular complexity index is 1010. The number of carbonyl (C=O) groups is 1. The minimum Gasteiger partial charge on any atom is -0.372 e. The molecule has 1 aliphatic heterocycles. The molecule has 1 aliphatic rings. The first-order valence-electron chi connectivity index (χ1n) is 8.22. The van der Waals surface area contributed by atoms with Crippen molar-refractivity contribution in [1.29, 1.82) is 0 Å². The van der Waals surface area contributed by atoms with Gasteiger partial charge in [-0.05, 0) is 26.2 Å². The minimum atomic E-state index is -5.32. The lowest BCUT2D eigenvalue weighted by Gasteiger charge is -2.39. The van der Waals surface area contributed by atoms with Gasteiger partial charge >= 0.3 is 12.4 Å². The van der Waals surface area contributed by atoms with Gasteiger partial charge < -0.3 is 15.3 Å². The van der Waals surface area contributed by atoms with Crippen LogP contribution in [0.25, 0.3) is 10.9 Å². The summed E-state index contributed by atoms with van der Waals surface area (Å²) in [5, 5.41) is 13.1. The number of anilines is 1. The zero-order valence-electron chi connectivity index (χ0n) is 15.1. The van der Waals surface area contributed by atoms with E-state index in [1.807, 2.05) is 0 Å². The Morgan fingerprint density at radius 1 is 1.24 bits per heavy atom. The van der Waals surface area contributed by atoms with Crippen molar-refractivity contribution in [3.8, 4) is 0 Å². The smallest absolute Gasteiger partial charge is 0.372 e. The number of alkyl halides is 6. The number of hydrogen-bond donors (Lipinski definition) is 2. The van der Waals surface area contributed by atoms with E-state index in [1.165, 1.54) is 25.1 Å². The highest BCUT2D eigenvalue weighted by Crippen LogP contribution is 2.51. The number of ketones is 1. The van der Waals surface area contributed by atoms with Gasteiger partial charge in [0.25, 0.3) is 5.78 Å². The van der Waals surface area contributed by atoms with Gasteiger partial charge in [0.05, 0.1) is 11.2 Å². The van der Waals surface area contributed by atoms with Crippen molar-refractivity contribution in [1.82, 2.24) is 9.88 Å². The number of pyridine rings is 1. The number of rotatable bonds is 3. The third-order valence-electron chi connectivity index (χ3n) is 4.54. The number of fused-ring (bicyclic) bond motifs is 3. The van der Waals surface area contributed by atoms with Gasteiger partial charge in [-0.25, -0.2) is 0 Å². The van der Waals surface area contributed by atoms with Gasteiger partial charge in [0, 0.05) is 41.0 Å². The maximum atomic E-state index is 14.0. The van der Waals surface area contributed by atoms with E-state index < -0.39 is 40.4 Å². The van der Waals surface area contributed by atoms with Crippen LogP contribution in [0.3, 0.4) is 0 Å². The number of aliphatic hydroxyl groups is 1. The lowest BCUT2D eigenvalue weighted by molar-refractivity contribution is -0.251. The highest BCUT2D eigenvalue weighted by Gasteiger charge is 2.60. The van der Waals surface area contributed by atoms with Crippen molar-refractivity contribution < 1.29 is 36.2 Å². The number of halogens is 6. The lowest BCUT2D eigenvalue weighted by atomic mass is 9.80. The average molecular weight is 419 g/mol. The Morgan fingerprint density at radius 2 is 1.90 bits per heavy atom. The molecule has 1 aromatic heterocycles. The van der Waals surface area contributed by atoms with Crippen LogP contribution in [0.1, 0.15) is 15.9 Å². The van der Waals surface area contributed by atoms with Crippen LogP contribution < -0.4 is 5.32 Å². The summed E-state index contributed by atoms with van der Waals surface area (Å²) in [6.45, 7) is -0.342. The number of aromatic nitrogens is 1. The second-order valence-corrected chi connectivity index (χ2v) is 6.83. The molecule has 1 unspecified atom stereocenters. The number of likely N-dealkylation sites (N-methyl/N-ethyl adjacent to an activating group) is 1. The fourth-order valence-electron chi connectivity index (χ4n) is 3.29. The van der Waals surface area contributed by atoms with Crippen molar-refractivity contribution in [2.24, 2.45) is 0 Å². The molecule has 0 fully saturated rings. The van der Waals surface area contributed by atoms with Gasteiger partial charge in [-0.3, -0.25) is 9.78 Å². The minimum absolute atomic E-state index is 0.282. The summed E-state index contributed by atoms with van der Waals surface area (Å²) in [5.41, 5.74) is -6.69. The summed E-state index contributed by atoms with van der Waals surface area (Å²) < 4.78 is 81.3. The van der Waals surface area contributed by atoms with Crippen LogP contribution in [0.4, 0.5) is 32.0 Å². The molecule has 1 atom stereocenters. The molecule has 156 valence electrons. The topological polar surface area (TPSA) is 65.5 Å². The average Bonchev–Trinajstić information content (AvgIpc) is 2.60. The largest absolute Gasteiger partial charge is 0.454 e. The Balaban J connectivity index is 2.40. The number of hydrogen-bond acceptors (Lipinski definition) is 5. The molecule has 2 N–H and O–H groups in total. The molecule has 5 nitrogen and oxygen atoms in total. The molecule has 29 heavy (non-hydrogen) atoms. The van der Waals surface area contributed by atoms with E-state index >= 15 is 0 Å². The molecule has 11 heteroatoms. The van der Waals surface area contributed by atoms with Gasteiger partial charge in [0.1, 0.15) is 0 Å². The van der Waals surface area contributed by atoms with E-state index in [9.17, 15) is 36.2 Å². The van der Waals surface area contributed by atoms with Crippen molar-refractivity contribution in [2.45, 2.75) is 18.0 Å². The van der Waals surface area contributed by atoms with Crippen molar-refractivity contribution in [3.05, 3.63) is 47.3 Å². The Labute approximate surface area is 160 Å². The SMILES string of the molecule is CN(C)CC1=CNc2c(cc(C(=O)C(F)(F)F)c3cccnc23)C1(O)C(F)(F)F. The quantitative estimate of drug-likeness (QED) is 0.588. The van der Waals surface area contributed by atoms with Crippen LogP contribution >= 0.6 is 0 Å². The van der Waals surface area contributed by atoms with Gasteiger partial charge in [-0.1, -0.05) is 6.07 Å². The second-order valence-electron chi connectivity index (χ2n) is 6.83. The molecule has 0 spiro atoms. The summed E-state index contributed by atoms with van der Waals surface area (Å²) in [5.74, 6) is -2.33. The molecule has 0 saturated heterocycles. The first-order valence-corrected chi connectivity index (χ1v) is 8.22. The number of Topliss-reactive ketones (excluding diaryl/α,β-unsaturated/α-hetero) is 1. The number of nitrogens with one attached hydrogen (secondary N) is 1. The summed E-state index contributed by atoms with van der Waals surface area (Å²) in [7, 11) is 2.93. The number of nitrogens with zero attached hydrogens (tertiary/aromatic N) is 2. The van der Waals surface area contributed by atoms with Gasteiger partial charge in [0.2, 0.25) is 5.60 Å². The van der Waals surface area contributed by atoms with Crippen molar-refractivity contribution >= 4 is 22.4 Å². The molecule has 0 bridgehead atoms. The van der Waals surface area contributed by atoms with E-state index in [0.29, 0.717) is 6.07 Å². The first kappa shape index (κ1) is 21.1. The van der Waals surface area contributed by atoms with Crippen LogP contribution in [-0.2, 0) is 5.60 Å². The standard InChI is InChI=1S/C18H15F6N3O2/c1-27(2)8-9-7-26-14-12(16(9,29)18(22,23)24)6-11(15(28)17(19,20)21)10-4-3-5-25-13(10)14/h3-7,26,29H,8H2,1-2H3. The predicted molar refractivity (Wildman–Crippen MR) is 92.3 cm³/mol. The van der Waals surface area contributed by atoms with E-state index in [2.05, 4.69) is 10.3 Å². The fraction of sp³-hybridized carbons (Fsp3) is 0.333. The first-order chi connectivity index (χ1) is 13.3. The maximum Gasteiger partial charge on any atom is 0.454 e. The van der Waals surface area contributed by atoms with Crippen molar-refractivity contribution in [2.75, 3.05) is 26.0 Å². The molecule has 0 aliphatic carbocycles. The van der Waals surface area contributed by atoms with E-state index in [4.69, 9.17) is 0 Å². The molecule has 2 heterocycles. The third kappa shape index (κ3) is 3.33. The molecular weight excluding hydrogens is 404 g/mol. The predicted octanol–water partition coefficient (Wildman–Crippen LogP) is 3.60.